The Balaban J connectivity index is 2.10. The summed E-state index contributed by atoms with van der Waals surface area (Å²) in [4.78, 5) is 0. The highest BCUT2D eigenvalue weighted by molar-refractivity contribution is 6.28. The van der Waals surface area contributed by atoms with Crippen LogP contribution >= 0.6 is 11.6 Å². The minimum Gasteiger partial charge on any atom is -0.301 e. The fraction of sp³-hybridized carbons (Fsp3) is 0.833. The van der Waals surface area contributed by atoms with Crippen LogP contribution < -0.4 is 0 Å². The molecule has 90 valence electrons. The third-order valence-corrected chi connectivity index (χ3v) is 3.99. The molecule has 1 aromatic heterocycles. The van der Waals surface area contributed by atoms with Gasteiger partial charge in [0.2, 0.25) is 5.28 Å². The summed E-state index contributed by atoms with van der Waals surface area (Å²) in [6, 6.07) is 0. The molecule has 1 aromatic rings. The lowest BCUT2D eigenvalue weighted by Crippen LogP contribution is -2.15. The molecule has 1 heterocycles. The quantitative estimate of drug-likeness (QED) is 0.810. The Morgan fingerprint density at radius 3 is 2.81 bits per heavy atom. The normalized spacial score (nSPS) is 25.2. The summed E-state index contributed by atoms with van der Waals surface area (Å²) in [6.07, 6.45) is 6.10. The Labute approximate surface area is 102 Å². The van der Waals surface area contributed by atoms with Crippen LogP contribution in [0.15, 0.2) is 0 Å². The molecule has 1 saturated carbocycles. The fourth-order valence-corrected chi connectivity index (χ4v) is 2.84. The monoisotopic (exact) mass is 241 g/mol. The summed E-state index contributed by atoms with van der Waals surface area (Å²) < 4.78 is 2.11. The maximum absolute atomic E-state index is 6.10. The van der Waals surface area contributed by atoms with Crippen LogP contribution in [0.5, 0.6) is 0 Å². The molecule has 0 spiro atoms. The zero-order valence-corrected chi connectivity index (χ0v) is 10.9. The van der Waals surface area contributed by atoms with Gasteiger partial charge in [0.25, 0.3) is 0 Å². The van der Waals surface area contributed by atoms with Crippen LogP contribution in [0.25, 0.3) is 0 Å². The molecule has 2 atom stereocenters. The maximum atomic E-state index is 6.10. The number of rotatable bonds is 4. The third kappa shape index (κ3) is 2.40. The first-order chi connectivity index (χ1) is 7.72. The molecule has 0 aromatic carbocycles. The lowest BCUT2D eigenvalue weighted by Gasteiger charge is -2.17. The molecule has 0 bridgehead atoms. The summed E-state index contributed by atoms with van der Waals surface area (Å²) in [5.41, 5.74) is 0. The average Bonchev–Trinajstić information content (AvgIpc) is 2.80. The van der Waals surface area contributed by atoms with E-state index in [2.05, 4.69) is 28.6 Å². The van der Waals surface area contributed by atoms with Crippen LogP contribution in [0.1, 0.15) is 45.4 Å². The van der Waals surface area contributed by atoms with Crippen LogP contribution in [-0.2, 0) is 13.0 Å². The van der Waals surface area contributed by atoms with Gasteiger partial charge in [0.15, 0.2) is 0 Å². The van der Waals surface area contributed by atoms with Crippen LogP contribution in [0.2, 0.25) is 5.28 Å². The van der Waals surface area contributed by atoms with E-state index in [9.17, 15) is 0 Å². The highest BCUT2D eigenvalue weighted by atomic mass is 35.5. The van der Waals surface area contributed by atoms with Gasteiger partial charge >= 0.3 is 0 Å². The van der Waals surface area contributed by atoms with E-state index in [-0.39, 0.29) is 0 Å². The second-order valence-electron chi connectivity index (χ2n) is 4.91. The molecule has 3 nitrogen and oxygen atoms in total. The van der Waals surface area contributed by atoms with Crippen LogP contribution in [0.4, 0.5) is 0 Å². The molecule has 2 rings (SSSR count). The van der Waals surface area contributed by atoms with Gasteiger partial charge in [-0.1, -0.05) is 26.7 Å². The van der Waals surface area contributed by atoms with Crippen LogP contribution in [-0.4, -0.2) is 14.8 Å². The number of halogens is 1. The van der Waals surface area contributed by atoms with E-state index in [0.29, 0.717) is 5.28 Å². The third-order valence-electron chi connectivity index (χ3n) is 3.71. The number of aromatic nitrogens is 3. The Morgan fingerprint density at radius 1 is 1.38 bits per heavy atom. The molecule has 0 aliphatic heterocycles. The molecular weight excluding hydrogens is 222 g/mol. The molecule has 4 heteroatoms. The van der Waals surface area contributed by atoms with Crippen molar-refractivity contribution in [1.82, 2.24) is 14.8 Å². The summed E-state index contributed by atoms with van der Waals surface area (Å²) in [7, 11) is 0. The predicted octanol–water partition coefficient (Wildman–Crippen LogP) is 3.32. The van der Waals surface area contributed by atoms with Crippen molar-refractivity contribution in [1.29, 1.82) is 0 Å². The zero-order valence-electron chi connectivity index (χ0n) is 10.1. The van der Waals surface area contributed by atoms with Crippen molar-refractivity contribution in [3.05, 3.63) is 11.1 Å². The van der Waals surface area contributed by atoms with Gasteiger partial charge in [0.05, 0.1) is 0 Å². The smallest absolute Gasteiger partial charge is 0.225 e. The summed E-state index contributed by atoms with van der Waals surface area (Å²) in [5.74, 6) is 2.61. The topological polar surface area (TPSA) is 30.7 Å². The molecule has 16 heavy (non-hydrogen) atoms. The van der Waals surface area contributed by atoms with Gasteiger partial charge in [0.1, 0.15) is 5.82 Å². The van der Waals surface area contributed by atoms with Gasteiger partial charge in [-0.2, -0.15) is 0 Å². The molecular formula is C12H20ClN3. The first-order valence-corrected chi connectivity index (χ1v) is 6.67. The van der Waals surface area contributed by atoms with E-state index in [1.54, 1.807) is 0 Å². The Hall–Kier alpha value is -0.570. The van der Waals surface area contributed by atoms with Crippen molar-refractivity contribution in [2.45, 2.75) is 52.5 Å². The first kappa shape index (κ1) is 11.9. The highest BCUT2D eigenvalue weighted by Crippen LogP contribution is 2.33. The summed E-state index contributed by atoms with van der Waals surface area (Å²) in [5, 5.41) is 8.69. The van der Waals surface area contributed by atoms with E-state index in [1.165, 1.54) is 19.3 Å². The van der Waals surface area contributed by atoms with Crippen molar-refractivity contribution >= 4 is 11.6 Å². The van der Waals surface area contributed by atoms with E-state index in [1.807, 2.05) is 0 Å². The largest absolute Gasteiger partial charge is 0.301 e. The van der Waals surface area contributed by atoms with E-state index >= 15 is 0 Å². The van der Waals surface area contributed by atoms with Gasteiger partial charge < -0.3 is 4.57 Å². The maximum Gasteiger partial charge on any atom is 0.225 e. The lowest BCUT2D eigenvalue weighted by molar-refractivity contribution is 0.358. The highest BCUT2D eigenvalue weighted by Gasteiger charge is 2.25. The van der Waals surface area contributed by atoms with Crippen molar-refractivity contribution in [3.63, 3.8) is 0 Å². The fourth-order valence-electron chi connectivity index (χ4n) is 2.63. The molecule has 1 aliphatic rings. The minimum absolute atomic E-state index is 0.558. The van der Waals surface area contributed by atoms with E-state index in [4.69, 9.17) is 11.6 Å². The van der Waals surface area contributed by atoms with Crippen LogP contribution in [0.3, 0.4) is 0 Å². The number of aryl methyl sites for hydroxylation is 1. The molecule has 0 radical (unpaired) electrons. The molecule has 1 aliphatic carbocycles. The van der Waals surface area contributed by atoms with Gasteiger partial charge in [-0.25, -0.2) is 0 Å². The van der Waals surface area contributed by atoms with Crippen molar-refractivity contribution in [3.8, 4) is 0 Å². The first-order valence-electron chi connectivity index (χ1n) is 6.30. The van der Waals surface area contributed by atoms with Gasteiger partial charge in [-0.15, -0.1) is 10.2 Å². The molecule has 0 amide bonds. The molecule has 0 N–H and O–H groups in total. The Morgan fingerprint density at radius 2 is 2.19 bits per heavy atom. The van der Waals surface area contributed by atoms with Gasteiger partial charge in [-0.3, -0.25) is 0 Å². The standard InChI is InChI=1S/C12H20ClN3/c1-3-5-11-14-15-12(13)16(11)8-10-7-4-6-9(10)2/h9-10H,3-8H2,1-2H3. The number of hydrogen-bond donors (Lipinski definition) is 0. The van der Waals surface area contributed by atoms with Crippen molar-refractivity contribution in [2.24, 2.45) is 11.8 Å². The predicted molar refractivity (Wildman–Crippen MR) is 65.5 cm³/mol. The van der Waals surface area contributed by atoms with Crippen molar-refractivity contribution in [2.75, 3.05) is 0 Å². The number of hydrogen-bond acceptors (Lipinski definition) is 2. The Bertz CT molecular complexity index is 348. The molecule has 2 unspecified atom stereocenters. The minimum atomic E-state index is 0.558. The SMILES string of the molecule is CCCc1nnc(Cl)n1CC1CCCC1C. The van der Waals surface area contributed by atoms with E-state index < -0.39 is 0 Å². The molecule has 1 fully saturated rings. The van der Waals surface area contributed by atoms with E-state index in [0.717, 1.165) is 37.0 Å². The second kappa shape index (κ2) is 5.17. The summed E-state index contributed by atoms with van der Waals surface area (Å²) >= 11 is 6.10. The van der Waals surface area contributed by atoms with Gasteiger partial charge in [0, 0.05) is 13.0 Å². The second-order valence-corrected chi connectivity index (χ2v) is 5.25. The van der Waals surface area contributed by atoms with Gasteiger partial charge in [-0.05, 0) is 36.3 Å². The zero-order chi connectivity index (χ0) is 11.5. The Kier molecular flexibility index (Phi) is 3.85. The van der Waals surface area contributed by atoms with Crippen molar-refractivity contribution < 1.29 is 0 Å². The summed E-state index contributed by atoms with van der Waals surface area (Å²) in [6.45, 7) is 5.50. The lowest BCUT2D eigenvalue weighted by atomic mass is 9.98. The molecule has 0 saturated heterocycles. The number of nitrogens with zero attached hydrogens (tertiary/aromatic N) is 3. The average molecular weight is 242 g/mol. The van der Waals surface area contributed by atoms with Crippen LogP contribution in [0, 0.1) is 11.8 Å².